The normalized spacial score (nSPS) is 13.5. The fourth-order valence-corrected chi connectivity index (χ4v) is 5.53. The molecule has 0 bridgehead atoms. The number of aliphatic hydroxyl groups is 1. The molecule has 18 nitrogen and oxygen atoms in total. The molecule has 0 aromatic heterocycles. The van der Waals surface area contributed by atoms with Crippen molar-refractivity contribution in [1.29, 1.82) is 0 Å². The van der Waals surface area contributed by atoms with Crippen molar-refractivity contribution in [3.63, 3.8) is 0 Å². The highest BCUT2D eigenvalue weighted by Gasteiger charge is 2.32. The minimum atomic E-state index is -1.90. The third-order valence-corrected chi connectivity index (χ3v) is 8.80. The van der Waals surface area contributed by atoms with E-state index in [1.807, 2.05) is 12.1 Å². The second kappa shape index (κ2) is 25.0. The molecule has 0 aliphatic heterocycles. The number of nitrogens with two attached hydrogens (primary N) is 2. The van der Waals surface area contributed by atoms with Gasteiger partial charge >= 0.3 is 7.12 Å². The monoisotopic (exact) mass is 796 g/mol. The van der Waals surface area contributed by atoms with Crippen LogP contribution in [0.3, 0.4) is 0 Å². The molecule has 19 heteroatoms. The molecule has 7 amide bonds. The number of carbonyl (C=O) groups excluding carboxylic acids is 7. The number of rotatable bonds is 25. The molecule has 0 radical (unpaired) electrons. The van der Waals surface area contributed by atoms with Gasteiger partial charge in [-0.2, -0.15) is 0 Å². The van der Waals surface area contributed by atoms with Gasteiger partial charge in [-0.1, -0.05) is 49.7 Å². The first kappa shape index (κ1) is 47.8. The molecule has 0 heterocycles. The van der Waals surface area contributed by atoms with Gasteiger partial charge < -0.3 is 58.5 Å². The number of amides is 7. The van der Waals surface area contributed by atoms with Crippen LogP contribution in [0, 0.1) is 0 Å². The van der Waals surface area contributed by atoms with Gasteiger partial charge in [0.05, 0.1) is 19.0 Å². The van der Waals surface area contributed by atoms with Crippen molar-refractivity contribution >= 4 is 48.5 Å². The summed E-state index contributed by atoms with van der Waals surface area (Å²) in [5.41, 5.74) is 14.4. The zero-order valence-electron chi connectivity index (χ0n) is 32.7. The predicted octanol–water partition coefficient (Wildman–Crippen LogP) is -1.71. The lowest BCUT2D eigenvalue weighted by Crippen LogP contribution is -2.60. The first-order valence-corrected chi connectivity index (χ1v) is 19.0. The standard InChI is InChI=1S/C38H57BN8O10/c1-4-5-8-25-10-12-26(13-11-25)27-14-16-28(17-15-27)35(52)42-20-18-32(50)45-29(9-6-7-19-40)37(54)47-33(24(3)48)38(55)44-23(2)34(51)46-30(21-31(41)49)36(53)43-22-39(56)57/h10-17,23-24,29-30,33,48,56-57H,4-9,18-22,40H2,1-3H3,(H2,41,49)(H,42,52)(H,43,53)(H,44,55)(H,45,50)(H,46,51)(H,47,54)/t23-,24?,29-,30-,33?/m0/s1. The average molecular weight is 797 g/mol. The van der Waals surface area contributed by atoms with Crippen LogP contribution >= 0.6 is 0 Å². The number of unbranched alkanes of at least 4 members (excludes halogenated alkanes) is 2. The molecule has 312 valence electrons. The maximum atomic E-state index is 13.4. The van der Waals surface area contributed by atoms with E-state index in [0.29, 0.717) is 24.9 Å². The summed E-state index contributed by atoms with van der Waals surface area (Å²) in [5.74, 6) is -5.57. The Balaban J connectivity index is 1.98. The first-order chi connectivity index (χ1) is 27.1. The molecule has 0 aliphatic carbocycles. The smallest absolute Gasteiger partial charge is 0.426 e. The van der Waals surface area contributed by atoms with Crippen LogP contribution in [-0.4, -0.2) is 113 Å². The van der Waals surface area contributed by atoms with Crippen LogP contribution in [0.15, 0.2) is 48.5 Å². The number of nitrogens with one attached hydrogen (secondary N) is 6. The molecular formula is C38H57BN8O10. The van der Waals surface area contributed by atoms with Gasteiger partial charge in [0.25, 0.3) is 5.91 Å². The molecule has 0 aliphatic rings. The van der Waals surface area contributed by atoms with Crippen molar-refractivity contribution in [2.45, 2.75) is 102 Å². The van der Waals surface area contributed by atoms with Gasteiger partial charge in [0.2, 0.25) is 35.4 Å². The van der Waals surface area contributed by atoms with E-state index < -0.39 is 85.7 Å². The predicted molar refractivity (Wildman–Crippen MR) is 212 cm³/mol. The minimum Gasteiger partial charge on any atom is -0.426 e. The fraction of sp³-hybridized carbons (Fsp3) is 0.500. The van der Waals surface area contributed by atoms with Crippen molar-refractivity contribution in [3.05, 3.63) is 59.7 Å². The summed E-state index contributed by atoms with van der Waals surface area (Å²) in [6, 6.07) is 9.79. The largest absolute Gasteiger partial charge is 0.472 e. The maximum absolute atomic E-state index is 13.4. The first-order valence-electron chi connectivity index (χ1n) is 19.0. The second-order valence-corrected chi connectivity index (χ2v) is 13.7. The van der Waals surface area contributed by atoms with Crippen molar-refractivity contribution in [3.8, 4) is 11.1 Å². The number of hydrogen-bond acceptors (Lipinski definition) is 11. The van der Waals surface area contributed by atoms with Gasteiger partial charge in [-0.15, -0.1) is 0 Å². The van der Waals surface area contributed by atoms with Gasteiger partial charge in [0, 0.05) is 18.5 Å². The van der Waals surface area contributed by atoms with Gasteiger partial charge in [-0.25, -0.2) is 0 Å². The van der Waals surface area contributed by atoms with E-state index in [1.165, 1.54) is 19.4 Å². The number of carbonyl (C=O) groups is 7. The number of aryl methyl sites for hydroxylation is 1. The van der Waals surface area contributed by atoms with Crippen molar-refractivity contribution in [2.24, 2.45) is 11.5 Å². The Bertz CT molecular complexity index is 1640. The fourth-order valence-electron chi connectivity index (χ4n) is 5.53. The van der Waals surface area contributed by atoms with Crippen LogP contribution in [0.1, 0.15) is 81.6 Å². The van der Waals surface area contributed by atoms with Crippen molar-refractivity contribution < 1.29 is 48.7 Å². The van der Waals surface area contributed by atoms with Gasteiger partial charge in [0.1, 0.15) is 24.2 Å². The molecule has 13 N–H and O–H groups in total. The minimum absolute atomic E-state index is 0.0349. The molecular weight excluding hydrogens is 739 g/mol. The van der Waals surface area contributed by atoms with Gasteiger partial charge in [0.15, 0.2) is 0 Å². The second-order valence-electron chi connectivity index (χ2n) is 13.7. The Morgan fingerprint density at radius 2 is 1.37 bits per heavy atom. The Morgan fingerprint density at radius 1 is 0.737 bits per heavy atom. The van der Waals surface area contributed by atoms with Crippen LogP contribution in [0.25, 0.3) is 11.1 Å². The van der Waals surface area contributed by atoms with E-state index in [0.717, 1.165) is 30.4 Å². The lowest BCUT2D eigenvalue weighted by atomic mass is 9.92. The summed E-state index contributed by atoms with van der Waals surface area (Å²) in [7, 11) is -1.90. The average Bonchev–Trinajstić information content (AvgIpc) is 3.17. The summed E-state index contributed by atoms with van der Waals surface area (Å²) in [5, 5.41) is 42.8. The van der Waals surface area contributed by atoms with E-state index in [4.69, 9.17) is 21.5 Å². The highest BCUT2D eigenvalue weighted by Crippen LogP contribution is 2.21. The van der Waals surface area contributed by atoms with Gasteiger partial charge in [-0.05, 0) is 81.3 Å². The zero-order valence-corrected chi connectivity index (χ0v) is 32.7. The zero-order chi connectivity index (χ0) is 42.5. The lowest BCUT2D eigenvalue weighted by molar-refractivity contribution is -0.136. The highest BCUT2D eigenvalue weighted by molar-refractivity contribution is 6.41. The maximum Gasteiger partial charge on any atom is 0.472 e. The third-order valence-electron chi connectivity index (χ3n) is 8.80. The Kier molecular flexibility index (Phi) is 21.0. The van der Waals surface area contributed by atoms with E-state index in [9.17, 15) is 38.7 Å². The van der Waals surface area contributed by atoms with Crippen LogP contribution in [0.4, 0.5) is 0 Å². The van der Waals surface area contributed by atoms with E-state index in [1.54, 1.807) is 12.1 Å². The highest BCUT2D eigenvalue weighted by atomic mass is 16.4. The molecule has 57 heavy (non-hydrogen) atoms. The van der Waals surface area contributed by atoms with E-state index in [-0.39, 0.29) is 25.3 Å². The molecule has 2 unspecified atom stereocenters. The Hall–Kier alpha value is -5.37. The summed E-state index contributed by atoms with van der Waals surface area (Å²) in [4.78, 5) is 88.9. The molecule has 2 aromatic rings. The molecule has 5 atom stereocenters. The summed E-state index contributed by atoms with van der Waals surface area (Å²) in [6.45, 7) is 4.91. The quantitative estimate of drug-likeness (QED) is 0.0397. The topological polar surface area (TPSA) is 304 Å². The van der Waals surface area contributed by atoms with E-state index in [2.05, 4.69) is 63.1 Å². The summed E-state index contributed by atoms with van der Waals surface area (Å²) >= 11 is 0. The van der Waals surface area contributed by atoms with Crippen LogP contribution in [0.2, 0.25) is 0 Å². The number of hydrogen-bond donors (Lipinski definition) is 11. The summed E-state index contributed by atoms with van der Waals surface area (Å²) in [6.07, 6.45) is 1.51. The van der Waals surface area contributed by atoms with Crippen molar-refractivity contribution in [1.82, 2.24) is 31.9 Å². The molecule has 0 saturated heterocycles. The molecule has 2 rings (SSSR count). The van der Waals surface area contributed by atoms with Crippen LogP contribution in [0.5, 0.6) is 0 Å². The summed E-state index contributed by atoms with van der Waals surface area (Å²) < 4.78 is 0. The van der Waals surface area contributed by atoms with Crippen LogP contribution in [-0.2, 0) is 35.2 Å². The van der Waals surface area contributed by atoms with E-state index >= 15 is 0 Å². The van der Waals surface area contributed by atoms with Crippen LogP contribution < -0.4 is 43.4 Å². The lowest BCUT2D eigenvalue weighted by Gasteiger charge is -2.26. The molecule has 0 saturated carbocycles. The third kappa shape index (κ3) is 17.5. The van der Waals surface area contributed by atoms with Crippen molar-refractivity contribution in [2.75, 3.05) is 19.5 Å². The number of primary amides is 1. The molecule has 0 spiro atoms. The van der Waals surface area contributed by atoms with Gasteiger partial charge in [-0.3, -0.25) is 33.6 Å². The SMILES string of the molecule is CCCCc1ccc(-c2ccc(C(=O)NCCC(=O)N[C@@H](CCCCN)C(=O)NC(C(=O)N[C@@H](C)C(=O)N[C@@H](CC(N)=O)C(=O)NCB(O)O)C(C)O)cc2)cc1. The number of aliphatic hydroxyl groups excluding tert-OH is 1. The Labute approximate surface area is 332 Å². The molecule has 2 aromatic carbocycles. The Morgan fingerprint density at radius 3 is 1.93 bits per heavy atom. The molecule has 0 fully saturated rings. The number of benzene rings is 2.